The third-order valence-corrected chi connectivity index (χ3v) is 1.83. The first-order valence-corrected chi connectivity index (χ1v) is 4.77. The van der Waals surface area contributed by atoms with Crippen LogP contribution in [-0.4, -0.2) is 29.0 Å². The van der Waals surface area contributed by atoms with Crippen LogP contribution < -0.4 is 10.9 Å². The number of hydrazine groups is 1. The van der Waals surface area contributed by atoms with Gasteiger partial charge in [0.25, 0.3) is 0 Å². The van der Waals surface area contributed by atoms with E-state index in [9.17, 15) is 9.59 Å². The van der Waals surface area contributed by atoms with Crippen molar-refractivity contribution in [3.63, 3.8) is 0 Å². The number of carbonyl (C=O) groups is 2. The van der Waals surface area contributed by atoms with Gasteiger partial charge in [0.1, 0.15) is 5.75 Å². The molecule has 0 radical (unpaired) electrons. The predicted molar refractivity (Wildman–Crippen MR) is 57.5 cm³/mol. The number of carbonyl (C=O) groups excluding carboxylic acids is 1. The van der Waals surface area contributed by atoms with Gasteiger partial charge < -0.3 is 14.9 Å². The van der Waals surface area contributed by atoms with Crippen LogP contribution in [0.15, 0.2) is 24.3 Å². The molecule has 0 fully saturated rings. The second-order valence-corrected chi connectivity index (χ2v) is 3.11. The molecule has 0 aliphatic rings. The van der Waals surface area contributed by atoms with Crippen molar-refractivity contribution in [3.8, 4) is 5.75 Å². The Bertz CT molecular complexity index is 390. The molecule has 17 heavy (non-hydrogen) atoms. The first-order valence-electron chi connectivity index (χ1n) is 4.77. The molecule has 0 saturated heterocycles. The minimum atomic E-state index is -1.37. The Morgan fingerprint density at radius 2 is 1.82 bits per heavy atom. The van der Waals surface area contributed by atoms with Crippen LogP contribution in [0.25, 0.3) is 0 Å². The molecule has 0 bridgehead atoms. The monoisotopic (exact) mass is 240 g/mol. The van der Waals surface area contributed by atoms with Crippen molar-refractivity contribution in [1.29, 1.82) is 0 Å². The zero-order chi connectivity index (χ0) is 12.7. The summed E-state index contributed by atoms with van der Waals surface area (Å²) < 4.78 is 4.69. The van der Waals surface area contributed by atoms with E-state index in [1.807, 2.05) is 5.43 Å². The van der Waals surface area contributed by atoms with Gasteiger partial charge in [-0.1, -0.05) is 12.1 Å². The first-order chi connectivity index (χ1) is 8.08. The fourth-order valence-corrected chi connectivity index (χ4v) is 1.06. The Morgan fingerprint density at radius 3 is 2.41 bits per heavy atom. The lowest BCUT2D eigenvalue weighted by Crippen LogP contribution is -2.41. The zero-order valence-corrected chi connectivity index (χ0v) is 8.84. The van der Waals surface area contributed by atoms with E-state index in [4.69, 9.17) is 10.2 Å². The minimum absolute atomic E-state index is 0.109. The highest BCUT2D eigenvalue weighted by Crippen LogP contribution is 2.09. The van der Waals surface area contributed by atoms with Crippen LogP contribution in [0, 0.1) is 0 Å². The van der Waals surface area contributed by atoms with Gasteiger partial charge in [-0.25, -0.2) is 20.4 Å². The SMILES string of the molecule is O=C(O)NNC(=O)OCCc1ccc(O)cc1. The maximum absolute atomic E-state index is 10.9. The molecule has 0 aromatic heterocycles. The van der Waals surface area contributed by atoms with Crippen LogP contribution in [0.3, 0.4) is 0 Å². The molecule has 7 heteroatoms. The van der Waals surface area contributed by atoms with Crippen LogP contribution in [0.1, 0.15) is 5.56 Å². The number of nitrogens with one attached hydrogen (secondary N) is 2. The molecule has 4 N–H and O–H groups in total. The summed E-state index contributed by atoms with van der Waals surface area (Å²) in [5, 5.41) is 17.2. The lowest BCUT2D eigenvalue weighted by molar-refractivity contribution is 0.138. The maximum Gasteiger partial charge on any atom is 0.426 e. The highest BCUT2D eigenvalue weighted by Gasteiger charge is 2.03. The van der Waals surface area contributed by atoms with E-state index >= 15 is 0 Å². The Labute approximate surface area is 97.0 Å². The number of rotatable bonds is 3. The van der Waals surface area contributed by atoms with Crippen molar-refractivity contribution in [2.45, 2.75) is 6.42 Å². The number of phenolic OH excluding ortho intramolecular Hbond substituents is 1. The minimum Gasteiger partial charge on any atom is -0.508 e. The molecule has 0 atom stereocenters. The van der Waals surface area contributed by atoms with Gasteiger partial charge in [-0.2, -0.15) is 0 Å². The van der Waals surface area contributed by atoms with Crippen LogP contribution in [0.5, 0.6) is 5.75 Å². The number of amides is 2. The zero-order valence-electron chi connectivity index (χ0n) is 8.84. The molecule has 1 aromatic rings. The molecule has 92 valence electrons. The molecule has 0 heterocycles. The van der Waals surface area contributed by atoms with Crippen molar-refractivity contribution in [2.75, 3.05) is 6.61 Å². The number of hydrogen-bond donors (Lipinski definition) is 4. The smallest absolute Gasteiger partial charge is 0.426 e. The summed E-state index contributed by atoms with van der Waals surface area (Å²) in [5.74, 6) is 0.165. The summed E-state index contributed by atoms with van der Waals surface area (Å²) in [6.45, 7) is 0.109. The number of benzene rings is 1. The fraction of sp³-hybridized carbons (Fsp3) is 0.200. The summed E-state index contributed by atoms with van der Waals surface area (Å²) in [7, 11) is 0. The third-order valence-electron chi connectivity index (χ3n) is 1.83. The molecule has 0 spiro atoms. The Balaban J connectivity index is 2.21. The molecule has 0 aliphatic heterocycles. The normalized spacial score (nSPS) is 9.41. The van der Waals surface area contributed by atoms with Crippen molar-refractivity contribution < 1.29 is 24.5 Å². The van der Waals surface area contributed by atoms with Gasteiger partial charge in [-0.05, 0) is 17.7 Å². The average molecular weight is 240 g/mol. The molecule has 0 saturated carbocycles. The maximum atomic E-state index is 10.9. The van der Waals surface area contributed by atoms with E-state index in [1.165, 1.54) is 12.1 Å². The van der Waals surface area contributed by atoms with Crippen LogP contribution in [-0.2, 0) is 11.2 Å². The van der Waals surface area contributed by atoms with Gasteiger partial charge in [0.05, 0.1) is 6.61 Å². The number of hydrogen-bond acceptors (Lipinski definition) is 4. The van der Waals surface area contributed by atoms with E-state index in [2.05, 4.69) is 4.74 Å². The highest BCUT2D eigenvalue weighted by atomic mass is 16.6. The Kier molecular flexibility index (Phi) is 4.61. The Hall–Kier alpha value is -2.44. The number of carboxylic acid groups (broad SMARTS) is 1. The quantitative estimate of drug-likeness (QED) is 0.585. The van der Waals surface area contributed by atoms with Gasteiger partial charge in [0.2, 0.25) is 0 Å². The van der Waals surface area contributed by atoms with Gasteiger partial charge >= 0.3 is 12.2 Å². The number of ether oxygens (including phenoxy) is 1. The Morgan fingerprint density at radius 1 is 1.18 bits per heavy atom. The summed E-state index contributed by atoms with van der Waals surface area (Å²) in [6.07, 6.45) is -1.77. The molecular weight excluding hydrogens is 228 g/mol. The standard InChI is InChI=1S/C10H12N2O5/c13-8-3-1-7(2-4-8)5-6-17-10(16)12-11-9(14)15/h1-4,11,13H,5-6H2,(H,12,16)(H,14,15). The van der Waals surface area contributed by atoms with Crippen molar-refractivity contribution >= 4 is 12.2 Å². The summed E-state index contributed by atoms with van der Waals surface area (Å²) >= 11 is 0. The lowest BCUT2D eigenvalue weighted by Gasteiger charge is -2.06. The van der Waals surface area contributed by atoms with Crippen LogP contribution in [0.2, 0.25) is 0 Å². The summed E-state index contributed by atoms with van der Waals surface area (Å²) in [6, 6.07) is 6.46. The molecule has 7 nitrogen and oxygen atoms in total. The van der Waals surface area contributed by atoms with E-state index in [1.54, 1.807) is 17.6 Å². The van der Waals surface area contributed by atoms with Crippen molar-refractivity contribution in [2.24, 2.45) is 0 Å². The predicted octanol–water partition coefficient (Wildman–Crippen LogP) is 0.843. The molecule has 1 aromatic carbocycles. The van der Waals surface area contributed by atoms with Gasteiger partial charge in [0, 0.05) is 6.42 Å². The first kappa shape index (κ1) is 12.6. The van der Waals surface area contributed by atoms with Crippen LogP contribution in [0.4, 0.5) is 9.59 Å². The lowest BCUT2D eigenvalue weighted by atomic mass is 10.1. The number of aromatic hydroxyl groups is 1. The van der Waals surface area contributed by atoms with E-state index in [0.29, 0.717) is 6.42 Å². The van der Waals surface area contributed by atoms with Gasteiger partial charge in [-0.3, -0.25) is 0 Å². The average Bonchev–Trinajstić information content (AvgIpc) is 2.29. The van der Waals surface area contributed by atoms with Crippen molar-refractivity contribution in [3.05, 3.63) is 29.8 Å². The fourth-order valence-electron chi connectivity index (χ4n) is 1.06. The molecule has 0 unspecified atom stereocenters. The van der Waals surface area contributed by atoms with Gasteiger partial charge in [0.15, 0.2) is 0 Å². The second-order valence-electron chi connectivity index (χ2n) is 3.11. The highest BCUT2D eigenvalue weighted by molar-refractivity contribution is 5.72. The van der Waals surface area contributed by atoms with E-state index in [-0.39, 0.29) is 12.4 Å². The van der Waals surface area contributed by atoms with Gasteiger partial charge in [-0.15, -0.1) is 0 Å². The molecule has 0 aliphatic carbocycles. The molecule has 2 amide bonds. The molecular formula is C10H12N2O5. The third kappa shape index (κ3) is 5.26. The topological polar surface area (TPSA) is 108 Å². The summed E-state index contributed by atoms with van der Waals surface area (Å²) in [4.78, 5) is 20.9. The number of phenols is 1. The molecule has 1 rings (SSSR count). The van der Waals surface area contributed by atoms with E-state index in [0.717, 1.165) is 5.56 Å². The van der Waals surface area contributed by atoms with E-state index < -0.39 is 12.2 Å². The second kappa shape index (κ2) is 6.21. The summed E-state index contributed by atoms with van der Waals surface area (Å²) in [5.41, 5.74) is 4.38. The van der Waals surface area contributed by atoms with Crippen LogP contribution >= 0.6 is 0 Å². The largest absolute Gasteiger partial charge is 0.508 e. The van der Waals surface area contributed by atoms with Crippen molar-refractivity contribution in [1.82, 2.24) is 10.9 Å².